The van der Waals surface area contributed by atoms with Gasteiger partial charge in [0.2, 0.25) is 0 Å². The number of nitrogens with one attached hydrogen (secondary N) is 1. The highest BCUT2D eigenvalue weighted by Gasteiger charge is 2.35. The summed E-state index contributed by atoms with van der Waals surface area (Å²) in [4.78, 5) is 44.2. The van der Waals surface area contributed by atoms with Crippen LogP contribution in [0.15, 0.2) is 60.9 Å². The zero-order valence-electron chi connectivity index (χ0n) is 19.5. The Hall–Kier alpha value is -4.53. The van der Waals surface area contributed by atoms with Crippen molar-refractivity contribution in [2.75, 3.05) is 12.4 Å². The van der Waals surface area contributed by atoms with Crippen molar-refractivity contribution in [3.05, 3.63) is 83.2 Å². The lowest BCUT2D eigenvalue weighted by Crippen LogP contribution is -2.29. The van der Waals surface area contributed by atoms with Gasteiger partial charge < -0.3 is 10.1 Å². The van der Waals surface area contributed by atoms with Crippen LogP contribution in [0.1, 0.15) is 56.5 Å². The molecule has 0 saturated carbocycles. The van der Waals surface area contributed by atoms with Crippen LogP contribution in [-0.4, -0.2) is 44.5 Å². The quantitative estimate of drug-likeness (QED) is 0.427. The minimum absolute atomic E-state index is 0.0402. The first-order valence-electron chi connectivity index (χ1n) is 11.1. The molecule has 0 saturated heterocycles. The first-order valence-corrected chi connectivity index (χ1v) is 11.1. The second-order valence-corrected chi connectivity index (χ2v) is 8.55. The molecule has 0 spiro atoms. The molecule has 9 heteroatoms. The summed E-state index contributed by atoms with van der Waals surface area (Å²) in [7, 11) is 1.48. The van der Waals surface area contributed by atoms with E-state index in [1.807, 2.05) is 18.5 Å². The van der Waals surface area contributed by atoms with E-state index in [1.54, 1.807) is 60.9 Å². The molecule has 0 bridgehead atoms. The van der Waals surface area contributed by atoms with Gasteiger partial charge in [0.15, 0.2) is 5.65 Å². The fourth-order valence-corrected chi connectivity index (χ4v) is 4.18. The molecule has 0 fully saturated rings. The summed E-state index contributed by atoms with van der Waals surface area (Å²) in [5.74, 6) is -0.735. The average molecular weight is 470 g/mol. The van der Waals surface area contributed by atoms with Crippen LogP contribution in [0.25, 0.3) is 11.0 Å². The Morgan fingerprint density at radius 1 is 1.03 bits per heavy atom. The van der Waals surface area contributed by atoms with Gasteiger partial charge in [-0.05, 0) is 49.7 Å². The monoisotopic (exact) mass is 469 g/mol. The molecule has 35 heavy (non-hydrogen) atoms. The standard InChI is InChI=1S/C26H23N5O4/c1-15(2)31-23-17(12-28-31)11-18(13-27-23)29-24(32)21-10-16(8-9-22(21)35-3)14-30-25(33)19-6-4-5-7-20(19)26(30)34/h4-13,15H,14H2,1-3H3,(H,29,32). The lowest BCUT2D eigenvalue weighted by Gasteiger charge is -2.16. The third-order valence-corrected chi connectivity index (χ3v) is 5.91. The van der Waals surface area contributed by atoms with E-state index in [1.165, 1.54) is 12.0 Å². The third-order valence-electron chi connectivity index (χ3n) is 5.91. The number of anilines is 1. The number of hydrogen-bond acceptors (Lipinski definition) is 6. The number of pyridine rings is 1. The number of carbonyl (C=O) groups is 3. The summed E-state index contributed by atoms with van der Waals surface area (Å²) >= 11 is 0. The second kappa shape index (κ2) is 8.68. The number of imide groups is 1. The number of rotatable bonds is 6. The van der Waals surface area contributed by atoms with Crippen molar-refractivity contribution in [2.24, 2.45) is 0 Å². The number of aromatic nitrogens is 3. The Bertz CT molecular complexity index is 1460. The molecule has 1 aliphatic heterocycles. The molecule has 0 unspecified atom stereocenters. The molecule has 1 N–H and O–H groups in total. The molecular weight excluding hydrogens is 446 g/mol. The topological polar surface area (TPSA) is 106 Å². The molecule has 0 radical (unpaired) electrons. The number of fused-ring (bicyclic) bond motifs is 2. The Morgan fingerprint density at radius 2 is 1.74 bits per heavy atom. The van der Waals surface area contributed by atoms with Gasteiger partial charge in [-0.25, -0.2) is 9.67 Å². The van der Waals surface area contributed by atoms with Crippen molar-refractivity contribution >= 4 is 34.4 Å². The molecule has 3 amide bonds. The van der Waals surface area contributed by atoms with Gasteiger partial charge in [0.25, 0.3) is 17.7 Å². The predicted octanol–water partition coefficient (Wildman–Crippen LogP) is 4.07. The third kappa shape index (κ3) is 3.90. The van der Waals surface area contributed by atoms with Gasteiger partial charge in [-0.2, -0.15) is 5.10 Å². The number of carbonyl (C=O) groups excluding carboxylic acids is 3. The predicted molar refractivity (Wildman–Crippen MR) is 130 cm³/mol. The second-order valence-electron chi connectivity index (χ2n) is 8.55. The van der Waals surface area contributed by atoms with Crippen molar-refractivity contribution in [3.8, 4) is 5.75 Å². The molecule has 0 aliphatic carbocycles. The van der Waals surface area contributed by atoms with E-state index in [0.29, 0.717) is 28.1 Å². The summed E-state index contributed by atoms with van der Waals surface area (Å²) in [5, 5.41) is 8.01. The van der Waals surface area contributed by atoms with Crippen LogP contribution in [0.3, 0.4) is 0 Å². The van der Waals surface area contributed by atoms with Crippen LogP contribution in [0.2, 0.25) is 0 Å². The van der Waals surface area contributed by atoms with E-state index in [4.69, 9.17) is 4.74 Å². The van der Waals surface area contributed by atoms with Gasteiger partial charge in [-0.3, -0.25) is 19.3 Å². The molecule has 4 aromatic rings. The van der Waals surface area contributed by atoms with E-state index in [-0.39, 0.29) is 30.0 Å². The van der Waals surface area contributed by atoms with Crippen molar-refractivity contribution in [1.29, 1.82) is 0 Å². The molecule has 176 valence electrons. The molecule has 9 nitrogen and oxygen atoms in total. The molecule has 2 aromatic carbocycles. The maximum Gasteiger partial charge on any atom is 0.261 e. The highest BCUT2D eigenvalue weighted by molar-refractivity contribution is 6.21. The minimum atomic E-state index is -0.400. The van der Waals surface area contributed by atoms with Crippen molar-refractivity contribution < 1.29 is 19.1 Å². The largest absolute Gasteiger partial charge is 0.496 e. The number of benzene rings is 2. The van der Waals surface area contributed by atoms with Gasteiger partial charge in [-0.1, -0.05) is 18.2 Å². The van der Waals surface area contributed by atoms with Gasteiger partial charge in [0, 0.05) is 11.4 Å². The Balaban J connectivity index is 1.39. The number of hydrogen-bond donors (Lipinski definition) is 1. The normalized spacial score (nSPS) is 13.0. The maximum absolute atomic E-state index is 13.2. The fourth-order valence-electron chi connectivity index (χ4n) is 4.18. The Morgan fingerprint density at radius 3 is 2.40 bits per heavy atom. The van der Waals surface area contributed by atoms with E-state index < -0.39 is 5.91 Å². The summed E-state index contributed by atoms with van der Waals surface area (Å²) < 4.78 is 7.20. The number of methoxy groups -OCH3 is 1. The molecule has 3 heterocycles. The van der Waals surface area contributed by atoms with Gasteiger partial charge in [-0.15, -0.1) is 0 Å². The minimum Gasteiger partial charge on any atom is -0.496 e. The van der Waals surface area contributed by atoms with Crippen molar-refractivity contribution in [2.45, 2.75) is 26.4 Å². The van der Waals surface area contributed by atoms with Crippen LogP contribution in [0.5, 0.6) is 5.75 Å². The summed E-state index contributed by atoms with van der Waals surface area (Å²) in [6.45, 7) is 4.08. The van der Waals surface area contributed by atoms with Crippen molar-refractivity contribution in [3.63, 3.8) is 0 Å². The Labute approximate surface area is 201 Å². The van der Waals surface area contributed by atoms with E-state index in [2.05, 4.69) is 15.4 Å². The smallest absolute Gasteiger partial charge is 0.261 e. The van der Waals surface area contributed by atoms with Crippen LogP contribution >= 0.6 is 0 Å². The zero-order chi connectivity index (χ0) is 24.7. The lowest BCUT2D eigenvalue weighted by molar-refractivity contribution is 0.0642. The van der Waals surface area contributed by atoms with E-state index in [9.17, 15) is 14.4 Å². The summed E-state index contributed by atoms with van der Waals surface area (Å²) in [5.41, 5.74) is 2.91. The van der Waals surface area contributed by atoms with Crippen molar-refractivity contribution in [1.82, 2.24) is 19.7 Å². The number of nitrogens with zero attached hydrogens (tertiary/aromatic N) is 4. The summed E-state index contributed by atoms with van der Waals surface area (Å²) in [6, 6.07) is 13.7. The number of amides is 3. The molecule has 1 aliphatic rings. The van der Waals surface area contributed by atoms with E-state index in [0.717, 1.165) is 11.0 Å². The van der Waals surface area contributed by atoms with Crippen LogP contribution in [-0.2, 0) is 6.54 Å². The van der Waals surface area contributed by atoms with Gasteiger partial charge >= 0.3 is 0 Å². The first kappa shape index (κ1) is 22.3. The average Bonchev–Trinajstić information content (AvgIpc) is 3.39. The first-order chi connectivity index (χ1) is 16.9. The highest BCUT2D eigenvalue weighted by Crippen LogP contribution is 2.27. The lowest BCUT2D eigenvalue weighted by atomic mass is 10.1. The zero-order valence-corrected chi connectivity index (χ0v) is 19.5. The SMILES string of the molecule is COc1ccc(CN2C(=O)c3ccccc3C2=O)cc1C(=O)Nc1cnc2c(cnn2C(C)C)c1. The maximum atomic E-state index is 13.2. The van der Waals surface area contributed by atoms with E-state index >= 15 is 0 Å². The van der Waals surface area contributed by atoms with Gasteiger partial charge in [0.1, 0.15) is 5.75 Å². The fraction of sp³-hybridized carbons (Fsp3) is 0.192. The summed E-state index contributed by atoms with van der Waals surface area (Å²) in [6.07, 6.45) is 3.29. The molecule has 5 rings (SSSR count). The molecule has 2 aromatic heterocycles. The molecule has 0 atom stereocenters. The van der Waals surface area contributed by atoms with Crippen LogP contribution in [0, 0.1) is 0 Å². The molecular formula is C26H23N5O4. The van der Waals surface area contributed by atoms with Crippen LogP contribution in [0.4, 0.5) is 5.69 Å². The van der Waals surface area contributed by atoms with Crippen LogP contribution < -0.4 is 10.1 Å². The number of ether oxygens (including phenoxy) is 1. The Kier molecular flexibility index (Phi) is 5.52. The highest BCUT2D eigenvalue weighted by atomic mass is 16.5. The van der Waals surface area contributed by atoms with Gasteiger partial charge in [0.05, 0.1) is 48.4 Å².